The molecule has 18 heavy (non-hydrogen) atoms. The smallest absolute Gasteiger partial charge is 0.322 e. The summed E-state index contributed by atoms with van der Waals surface area (Å²) in [4.78, 5) is 11.4. The summed E-state index contributed by atoms with van der Waals surface area (Å²) in [5.74, 6) is -0.373. The number of hydrogen-bond donors (Lipinski definition) is 1. The fourth-order valence-corrected chi connectivity index (χ4v) is 2.17. The lowest BCUT2D eigenvalue weighted by atomic mass is 9.95. The number of ether oxygens (including phenoxy) is 1. The Bertz CT molecular complexity index is 578. The van der Waals surface area contributed by atoms with Crippen molar-refractivity contribution in [1.29, 1.82) is 0 Å². The van der Waals surface area contributed by atoms with E-state index < -0.39 is 6.04 Å². The SMILES string of the molecule is COC(=O)[C@@H](N)Cc1c(C)ccc2ccccc12. The number of rotatable bonds is 3. The van der Waals surface area contributed by atoms with Gasteiger partial charge in [-0.1, -0.05) is 36.4 Å². The first-order chi connectivity index (χ1) is 8.63. The molecule has 2 aromatic carbocycles. The summed E-state index contributed by atoms with van der Waals surface area (Å²) in [5.41, 5.74) is 8.11. The lowest BCUT2D eigenvalue weighted by Gasteiger charge is -2.14. The molecule has 0 saturated carbocycles. The minimum atomic E-state index is -0.612. The monoisotopic (exact) mass is 243 g/mol. The number of hydrogen-bond acceptors (Lipinski definition) is 3. The van der Waals surface area contributed by atoms with Gasteiger partial charge in [-0.05, 0) is 35.2 Å². The summed E-state index contributed by atoms with van der Waals surface area (Å²) in [5, 5.41) is 2.31. The van der Waals surface area contributed by atoms with Crippen LogP contribution < -0.4 is 5.73 Å². The van der Waals surface area contributed by atoms with Gasteiger partial charge in [0.25, 0.3) is 0 Å². The molecular formula is C15H17NO2. The van der Waals surface area contributed by atoms with Crippen molar-refractivity contribution in [3.63, 3.8) is 0 Å². The summed E-state index contributed by atoms with van der Waals surface area (Å²) >= 11 is 0. The van der Waals surface area contributed by atoms with E-state index in [2.05, 4.69) is 29.0 Å². The molecule has 0 spiro atoms. The van der Waals surface area contributed by atoms with Gasteiger partial charge in [0.2, 0.25) is 0 Å². The zero-order valence-corrected chi connectivity index (χ0v) is 10.6. The van der Waals surface area contributed by atoms with Crippen LogP contribution in [-0.4, -0.2) is 19.1 Å². The van der Waals surface area contributed by atoms with Crippen LogP contribution in [0.25, 0.3) is 10.8 Å². The van der Waals surface area contributed by atoms with Crippen molar-refractivity contribution in [3.05, 3.63) is 47.5 Å². The van der Waals surface area contributed by atoms with Crippen molar-refractivity contribution in [2.45, 2.75) is 19.4 Å². The highest BCUT2D eigenvalue weighted by Crippen LogP contribution is 2.23. The van der Waals surface area contributed by atoms with Gasteiger partial charge in [0, 0.05) is 0 Å². The molecule has 0 bridgehead atoms. The number of benzene rings is 2. The van der Waals surface area contributed by atoms with Gasteiger partial charge in [0.1, 0.15) is 6.04 Å². The van der Waals surface area contributed by atoms with E-state index in [1.54, 1.807) is 0 Å². The molecular weight excluding hydrogens is 226 g/mol. The molecule has 0 radical (unpaired) electrons. The van der Waals surface area contributed by atoms with Crippen molar-refractivity contribution >= 4 is 16.7 Å². The number of aryl methyl sites for hydroxylation is 1. The topological polar surface area (TPSA) is 52.3 Å². The Morgan fingerprint density at radius 2 is 2.00 bits per heavy atom. The predicted octanol–water partition coefficient (Wildman–Crippen LogP) is 2.19. The van der Waals surface area contributed by atoms with E-state index in [1.165, 1.54) is 7.11 Å². The van der Waals surface area contributed by atoms with Crippen LogP contribution in [0.3, 0.4) is 0 Å². The summed E-state index contributed by atoms with van der Waals surface area (Å²) in [7, 11) is 1.36. The molecule has 0 saturated heterocycles. The molecule has 0 unspecified atom stereocenters. The highest BCUT2D eigenvalue weighted by Gasteiger charge is 2.16. The molecule has 3 heteroatoms. The zero-order valence-electron chi connectivity index (χ0n) is 10.6. The van der Waals surface area contributed by atoms with Crippen LogP contribution in [0.15, 0.2) is 36.4 Å². The molecule has 0 aromatic heterocycles. The van der Waals surface area contributed by atoms with Crippen LogP contribution in [0.4, 0.5) is 0 Å². The van der Waals surface area contributed by atoms with Gasteiger partial charge >= 0.3 is 5.97 Å². The Morgan fingerprint density at radius 1 is 1.28 bits per heavy atom. The molecule has 0 fully saturated rings. The Hall–Kier alpha value is -1.87. The quantitative estimate of drug-likeness (QED) is 0.841. The summed E-state index contributed by atoms with van der Waals surface area (Å²) in [6.07, 6.45) is 0.500. The number of nitrogens with two attached hydrogens (primary N) is 1. The second-order valence-electron chi connectivity index (χ2n) is 4.42. The van der Waals surface area contributed by atoms with Crippen molar-refractivity contribution < 1.29 is 9.53 Å². The van der Waals surface area contributed by atoms with E-state index in [-0.39, 0.29) is 5.97 Å². The van der Waals surface area contributed by atoms with E-state index in [4.69, 9.17) is 5.73 Å². The molecule has 0 heterocycles. The Kier molecular flexibility index (Phi) is 3.63. The van der Waals surface area contributed by atoms with E-state index in [9.17, 15) is 4.79 Å². The number of carbonyl (C=O) groups is 1. The van der Waals surface area contributed by atoms with Crippen LogP contribution in [0.2, 0.25) is 0 Å². The average Bonchev–Trinajstić information content (AvgIpc) is 2.41. The molecule has 0 amide bonds. The first-order valence-corrected chi connectivity index (χ1v) is 5.94. The van der Waals surface area contributed by atoms with Gasteiger partial charge in [-0.25, -0.2) is 0 Å². The van der Waals surface area contributed by atoms with Gasteiger partial charge in [-0.2, -0.15) is 0 Å². The third kappa shape index (κ3) is 2.36. The lowest BCUT2D eigenvalue weighted by molar-refractivity contribution is -0.142. The minimum Gasteiger partial charge on any atom is -0.468 e. The van der Waals surface area contributed by atoms with Crippen molar-refractivity contribution in [2.24, 2.45) is 5.73 Å². The van der Waals surface area contributed by atoms with Gasteiger partial charge in [-0.15, -0.1) is 0 Å². The number of carbonyl (C=O) groups excluding carboxylic acids is 1. The largest absolute Gasteiger partial charge is 0.468 e. The maximum atomic E-state index is 11.4. The number of esters is 1. The molecule has 2 aromatic rings. The molecule has 0 aliphatic rings. The van der Waals surface area contributed by atoms with Crippen molar-refractivity contribution in [2.75, 3.05) is 7.11 Å². The van der Waals surface area contributed by atoms with E-state index in [0.29, 0.717) is 6.42 Å². The molecule has 0 aliphatic carbocycles. The highest BCUT2D eigenvalue weighted by atomic mass is 16.5. The lowest BCUT2D eigenvalue weighted by Crippen LogP contribution is -2.33. The maximum absolute atomic E-state index is 11.4. The summed E-state index contributed by atoms with van der Waals surface area (Å²) in [6.45, 7) is 2.03. The first-order valence-electron chi connectivity index (χ1n) is 5.94. The van der Waals surface area contributed by atoms with E-state index >= 15 is 0 Å². The van der Waals surface area contributed by atoms with Crippen molar-refractivity contribution in [1.82, 2.24) is 0 Å². The maximum Gasteiger partial charge on any atom is 0.322 e. The molecule has 1 atom stereocenters. The molecule has 3 nitrogen and oxygen atoms in total. The molecule has 94 valence electrons. The second-order valence-corrected chi connectivity index (χ2v) is 4.42. The summed E-state index contributed by atoms with van der Waals surface area (Å²) in [6, 6.07) is 11.6. The van der Waals surface area contributed by atoms with Gasteiger partial charge in [0.15, 0.2) is 0 Å². The minimum absolute atomic E-state index is 0.373. The molecule has 2 rings (SSSR count). The van der Waals surface area contributed by atoms with Crippen LogP contribution in [-0.2, 0) is 16.0 Å². The number of methoxy groups -OCH3 is 1. The number of fused-ring (bicyclic) bond motifs is 1. The normalized spacial score (nSPS) is 12.4. The molecule has 2 N–H and O–H groups in total. The van der Waals surface area contributed by atoms with Crippen LogP contribution in [0.1, 0.15) is 11.1 Å². The van der Waals surface area contributed by atoms with Crippen LogP contribution in [0, 0.1) is 6.92 Å². The third-order valence-corrected chi connectivity index (χ3v) is 3.20. The Labute approximate surface area is 107 Å². The highest BCUT2D eigenvalue weighted by molar-refractivity contribution is 5.87. The van der Waals surface area contributed by atoms with Gasteiger partial charge in [-0.3, -0.25) is 4.79 Å². The van der Waals surface area contributed by atoms with Crippen LogP contribution in [0.5, 0.6) is 0 Å². The fourth-order valence-electron chi connectivity index (χ4n) is 2.17. The van der Waals surface area contributed by atoms with Gasteiger partial charge < -0.3 is 10.5 Å². The summed E-state index contributed by atoms with van der Waals surface area (Å²) < 4.78 is 4.67. The van der Waals surface area contributed by atoms with Crippen LogP contribution >= 0.6 is 0 Å². The second kappa shape index (κ2) is 5.19. The zero-order chi connectivity index (χ0) is 13.1. The Balaban J connectivity index is 2.43. The fraction of sp³-hybridized carbons (Fsp3) is 0.267. The van der Waals surface area contributed by atoms with Gasteiger partial charge in [0.05, 0.1) is 7.11 Å². The predicted molar refractivity (Wildman–Crippen MR) is 72.4 cm³/mol. The van der Waals surface area contributed by atoms with E-state index in [1.807, 2.05) is 19.1 Å². The van der Waals surface area contributed by atoms with E-state index in [0.717, 1.165) is 21.9 Å². The Morgan fingerprint density at radius 3 is 2.72 bits per heavy atom. The van der Waals surface area contributed by atoms with Crippen molar-refractivity contribution in [3.8, 4) is 0 Å². The molecule has 0 aliphatic heterocycles. The average molecular weight is 243 g/mol. The first kappa shape index (κ1) is 12.6. The third-order valence-electron chi connectivity index (χ3n) is 3.20. The standard InChI is InChI=1S/C15H17NO2/c1-10-7-8-11-5-3-4-6-12(11)13(10)9-14(16)15(17)18-2/h3-8,14H,9,16H2,1-2H3/t14-/m0/s1.